The number of aromatic nitrogens is 2. The molecule has 0 spiro atoms. The number of halogens is 1. The van der Waals surface area contributed by atoms with E-state index >= 15 is 0 Å². The number of alkyl halides is 1. The van der Waals surface area contributed by atoms with Gasteiger partial charge in [-0.05, 0) is 18.4 Å². The van der Waals surface area contributed by atoms with Gasteiger partial charge in [0.2, 0.25) is 5.88 Å². The van der Waals surface area contributed by atoms with E-state index in [2.05, 4.69) is 34.2 Å². The summed E-state index contributed by atoms with van der Waals surface area (Å²) in [5.41, 5.74) is 2.38. The van der Waals surface area contributed by atoms with Crippen LogP contribution in [0.2, 0.25) is 0 Å². The molecular weight excluding hydrogens is 272 g/mol. The highest BCUT2D eigenvalue weighted by Gasteiger charge is 2.49. The van der Waals surface area contributed by atoms with Crippen molar-refractivity contribution in [2.45, 2.75) is 30.1 Å². The second-order valence-electron chi connectivity index (χ2n) is 5.25. The highest BCUT2D eigenvalue weighted by atomic mass is 35.5. The molecule has 1 aromatic heterocycles. The number of ether oxygens (including phenoxy) is 1. The van der Waals surface area contributed by atoms with Crippen molar-refractivity contribution in [1.82, 2.24) is 9.97 Å². The molecular formula is C16H17ClN2O. The molecule has 0 saturated heterocycles. The lowest BCUT2D eigenvalue weighted by molar-refractivity contribution is 0.395. The van der Waals surface area contributed by atoms with Gasteiger partial charge in [-0.25, -0.2) is 9.97 Å². The first-order valence-electron chi connectivity index (χ1n) is 6.79. The lowest BCUT2D eigenvalue weighted by atomic mass is 9.90. The number of rotatable bonds is 5. The van der Waals surface area contributed by atoms with Crippen LogP contribution >= 0.6 is 11.6 Å². The van der Waals surface area contributed by atoms with E-state index in [9.17, 15) is 0 Å². The van der Waals surface area contributed by atoms with Crippen molar-refractivity contribution >= 4 is 11.6 Å². The van der Waals surface area contributed by atoms with Gasteiger partial charge in [-0.1, -0.05) is 30.3 Å². The Balaban J connectivity index is 1.78. The first kappa shape index (κ1) is 13.4. The molecule has 1 heterocycles. The zero-order valence-electron chi connectivity index (χ0n) is 11.4. The maximum Gasteiger partial charge on any atom is 0.216 e. The lowest BCUT2D eigenvalue weighted by Gasteiger charge is -2.21. The fraction of sp³-hybridized carbons (Fsp3) is 0.375. The molecule has 1 fully saturated rings. The lowest BCUT2D eigenvalue weighted by Crippen LogP contribution is -2.23. The summed E-state index contributed by atoms with van der Waals surface area (Å²) < 4.78 is 5.13. The number of hydrogen-bond acceptors (Lipinski definition) is 3. The zero-order chi connectivity index (χ0) is 14.0. The Morgan fingerprint density at radius 3 is 2.65 bits per heavy atom. The quantitative estimate of drug-likeness (QED) is 0.791. The summed E-state index contributed by atoms with van der Waals surface area (Å²) in [6.45, 7) is 0. The topological polar surface area (TPSA) is 35.0 Å². The predicted octanol–water partition coefficient (Wildman–Crippen LogP) is 3.37. The van der Waals surface area contributed by atoms with Gasteiger partial charge >= 0.3 is 0 Å². The van der Waals surface area contributed by atoms with Crippen molar-refractivity contribution in [1.29, 1.82) is 0 Å². The second kappa shape index (κ2) is 5.41. The van der Waals surface area contributed by atoms with Crippen LogP contribution in [0, 0.1) is 0 Å². The fourth-order valence-corrected chi connectivity index (χ4v) is 3.17. The molecule has 3 rings (SSSR count). The van der Waals surface area contributed by atoms with Crippen LogP contribution in [0.25, 0.3) is 0 Å². The van der Waals surface area contributed by atoms with Crippen molar-refractivity contribution in [3.8, 4) is 5.88 Å². The Morgan fingerprint density at radius 1 is 1.25 bits per heavy atom. The molecule has 1 aliphatic carbocycles. The van der Waals surface area contributed by atoms with Gasteiger partial charge in [0.25, 0.3) is 0 Å². The number of methoxy groups -OCH3 is 1. The minimum absolute atomic E-state index is 0.0458. The van der Waals surface area contributed by atoms with Crippen molar-refractivity contribution in [3.05, 3.63) is 54.0 Å². The summed E-state index contributed by atoms with van der Waals surface area (Å²) in [4.78, 5) is 8.31. The summed E-state index contributed by atoms with van der Waals surface area (Å²) in [5.74, 6) is 0.587. The van der Waals surface area contributed by atoms with E-state index in [0.29, 0.717) is 5.88 Å². The van der Waals surface area contributed by atoms with Crippen molar-refractivity contribution in [2.24, 2.45) is 0 Å². The van der Waals surface area contributed by atoms with Crippen LogP contribution in [-0.2, 0) is 11.8 Å². The van der Waals surface area contributed by atoms with Gasteiger partial charge in [0, 0.05) is 29.0 Å². The van der Waals surface area contributed by atoms with Crippen molar-refractivity contribution in [3.63, 3.8) is 0 Å². The van der Waals surface area contributed by atoms with Crippen LogP contribution in [0.1, 0.15) is 24.1 Å². The van der Waals surface area contributed by atoms with Gasteiger partial charge in [0.1, 0.15) is 6.33 Å². The SMILES string of the molecule is COc1cc(CC(Cl)C2(c3ccccc3)CC2)ncn1. The molecule has 1 atom stereocenters. The average molecular weight is 289 g/mol. The van der Waals surface area contributed by atoms with Crippen LogP contribution in [-0.4, -0.2) is 22.5 Å². The molecule has 0 amide bonds. The third-order valence-electron chi connectivity index (χ3n) is 4.03. The van der Waals surface area contributed by atoms with E-state index in [0.717, 1.165) is 25.0 Å². The normalized spacial score (nSPS) is 17.5. The Morgan fingerprint density at radius 2 is 2.00 bits per heavy atom. The molecule has 2 aromatic rings. The summed E-state index contributed by atoms with van der Waals surface area (Å²) in [7, 11) is 1.61. The molecule has 1 aliphatic rings. The van der Waals surface area contributed by atoms with E-state index in [1.807, 2.05) is 12.1 Å². The van der Waals surface area contributed by atoms with Crippen LogP contribution < -0.4 is 4.74 Å². The molecule has 0 radical (unpaired) electrons. The molecule has 1 unspecified atom stereocenters. The van der Waals surface area contributed by atoms with E-state index in [4.69, 9.17) is 16.3 Å². The Hall–Kier alpha value is -1.61. The summed E-state index contributed by atoms with van der Waals surface area (Å²) in [5, 5.41) is 0.0458. The summed E-state index contributed by atoms with van der Waals surface area (Å²) >= 11 is 6.70. The standard InChI is InChI=1S/C16H17ClN2O/c1-20-15-10-13(18-11-19-15)9-14(17)16(7-8-16)12-5-3-2-4-6-12/h2-6,10-11,14H,7-9H2,1H3. The molecule has 0 N–H and O–H groups in total. The van der Waals surface area contributed by atoms with Gasteiger partial charge < -0.3 is 4.74 Å². The van der Waals surface area contributed by atoms with E-state index in [-0.39, 0.29) is 10.8 Å². The molecule has 104 valence electrons. The van der Waals surface area contributed by atoms with Crippen molar-refractivity contribution in [2.75, 3.05) is 7.11 Å². The zero-order valence-corrected chi connectivity index (χ0v) is 12.2. The van der Waals surface area contributed by atoms with Gasteiger partial charge in [-0.2, -0.15) is 0 Å². The summed E-state index contributed by atoms with van der Waals surface area (Å²) in [6, 6.07) is 12.4. The molecule has 0 bridgehead atoms. The largest absolute Gasteiger partial charge is 0.481 e. The van der Waals surface area contributed by atoms with Crippen LogP contribution in [0.4, 0.5) is 0 Å². The minimum Gasteiger partial charge on any atom is -0.481 e. The third kappa shape index (κ3) is 2.50. The first-order chi connectivity index (χ1) is 9.74. The van der Waals surface area contributed by atoms with Crippen molar-refractivity contribution < 1.29 is 4.74 Å². The second-order valence-corrected chi connectivity index (χ2v) is 5.77. The maximum atomic E-state index is 6.70. The monoisotopic (exact) mass is 288 g/mol. The minimum atomic E-state index is 0.0458. The number of nitrogens with zero attached hydrogens (tertiary/aromatic N) is 2. The van der Waals surface area contributed by atoms with Crippen LogP contribution in [0.5, 0.6) is 5.88 Å². The number of benzene rings is 1. The molecule has 20 heavy (non-hydrogen) atoms. The van der Waals surface area contributed by atoms with E-state index < -0.39 is 0 Å². The highest BCUT2D eigenvalue weighted by Crippen LogP contribution is 2.53. The van der Waals surface area contributed by atoms with Gasteiger partial charge in [0.05, 0.1) is 7.11 Å². The van der Waals surface area contributed by atoms with E-state index in [1.54, 1.807) is 7.11 Å². The number of hydrogen-bond donors (Lipinski definition) is 0. The van der Waals surface area contributed by atoms with Gasteiger partial charge in [-0.15, -0.1) is 11.6 Å². The molecule has 1 saturated carbocycles. The van der Waals surface area contributed by atoms with Crippen LogP contribution in [0.15, 0.2) is 42.7 Å². The maximum absolute atomic E-state index is 6.70. The Labute approximate surface area is 124 Å². The molecule has 0 aliphatic heterocycles. The molecule has 4 heteroatoms. The van der Waals surface area contributed by atoms with Gasteiger partial charge in [-0.3, -0.25) is 0 Å². The Kier molecular flexibility index (Phi) is 3.62. The molecule has 3 nitrogen and oxygen atoms in total. The predicted molar refractivity (Wildman–Crippen MR) is 79.3 cm³/mol. The first-order valence-corrected chi connectivity index (χ1v) is 7.23. The van der Waals surface area contributed by atoms with Gasteiger partial charge in [0.15, 0.2) is 0 Å². The average Bonchev–Trinajstić information content (AvgIpc) is 3.30. The Bertz CT molecular complexity index is 584. The summed E-state index contributed by atoms with van der Waals surface area (Å²) in [6.07, 6.45) is 4.55. The third-order valence-corrected chi connectivity index (χ3v) is 4.61. The van der Waals surface area contributed by atoms with E-state index in [1.165, 1.54) is 11.9 Å². The van der Waals surface area contributed by atoms with Crippen LogP contribution in [0.3, 0.4) is 0 Å². The molecule has 1 aromatic carbocycles. The fourth-order valence-electron chi connectivity index (χ4n) is 2.67. The highest BCUT2D eigenvalue weighted by molar-refractivity contribution is 6.22. The smallest absolute Gasteiger partial charge is 0.216 e.